The first-order valence-electron chi connectivity index (χ1n) is 11.4. The molecular formula is C23H41O6P. The normalized spacial score (nSPS) is 15.0. The van der Waals surface area contributed by atoms with Gasteiger partial charge in [-0.25, -0.2) is 4.57 Å². The van der Waals surface area contributed by atoms with E-state index < -0.39 is 20.0 Å². The van der Waals surface area contributed by atoms with Crippen LogP contribution in [0.25, 0.3) is 0 Å². The first-order chi connectivity index (χ1) is 14.3. The van der Waals surface area contributed by atoms with Crippen molar-refractivity contribution in [3.05, 3.63) is 29.8 Å². The minimum atomic E-state index is -4.53. The molecule has 7 heteroatoms. The van der Waals surface area contributed by atoms with Gasteiger partial charge in [0.1, 0.15) is 12.4 Å². The molecule has 0 spiro atoms. The molecule has 174 valence electrons. The number of phosphoric ester groups is 1. The van der Waals surface area contributed by atoms with Crippen LogP contribution in [0.4, 0.5) is 0 Å². The van der Waals surface area contributed by atoms with Crippen LogP contribution in [0.15, 0.2) is 24.3 Å². The van der Waals surface area contributed by atoms with Gasteiger partial charge in [0.05, 0.1) is 18.3 Å². The van der Waals surface area contributed by atoms with Gasteiger partial charge < -0.3 is 19.3 Å². The Kier molecular flexibility index (Phi) is 13.5. The van der Waals surface area contributed by atoms with E-state index in [0.29, 0.717) is 6.61 Å². The van der Waals surface area contributed by atoms with Crippen molar-refractivity contribution >= 4 is 7.82 Å². The van der Waals surface area contributed by atoms with E-state index in [1.165, 1.54) is 44.1 Å². The molecule has 1 aromatic carbocycles. The van der Waals surface area contributed by atoms with E-state index in [2.05, 4.69) is 13.0 Å². The summed E-state index contributed by atoms with van der Waals surface area (Å²) in [5, 5.41) is 0. The Morgan fingerprint density at radius 1 is 0.933 bits per heavy atom. The van der Waals surface area contributed by atoms with Gasteiger partial charge in [-0.05, 0) is 44.7 Å². The third kappa shape index (κ3) is 12.1. The predicted octanol–water partition coefficient (Wildman–Crippen LogP) is 6.04. The second-order valence-electron chi connectivity index (χ2n) is 7.96. The highest BCUT2D eigenvalue weighted by atomic mass is 31.2. The SMILES string of the molecule is CCCCCCCCCc1ccccc1OCC(CC)OC(C)C(C)OP(=O)(O)O. The fourth-order valence-electron chi connectivity index (χ4n) is 3.28. The molecule has 0 fully saturated rings. The molecule has 0 radical (unpaired) electrons. The molecule has 0 aliphatic carbocycles. The summed E-state index contributed by atoms with van der Waals surface area (Å²) in [7, 11) is -4.53. The van der Waals surface area contributed by atoms with Gasteiger partial charge in [-0.15, -0.1) is 0 Å². The van der Waals surface area contributed by atoms with E-state index in [4.69, 9.17) is 23.8 Å². The number of unbranched alkanes of at least 4 members (excludes halogenated alkanes) is 6. The molecule has 0 aliphatic heterocycles. The summed E-state index contributed by atoms with van der Waals surface area (Å²) in [5.41, 5.74) is 1.21. The Labute approximate surface area is 182 Å². The zero-order chi connectivity index (χ0) is 22.4. The Morgan fingerprint density at radius 3 is 2.20 bits per heavy atom. The maximum absolute atomic E-state index is 11.0. The Bertz CT molecular complexity index is 617. The second kappa shape index (κ2) is 15.0. The van der Waals surface area contributed by atoms with Crippen molar-refractivity contribution in [2.45, 2.75) is 104 Å². The summed E-state index contributed by atoms with van der Waals surface area (Å²) in [6, 6.07) is 8.13. The first-order valence-corrected chi connectivity index (χ1v) is 12.9. The standard InChI is InChI=1S/C23H41O6P/c1-5-7-8-9-10-11-12-15-21-16-13-14-17-23(21)27-18-22(6-2)28-19(3)20(4)29-30(24,25)26/h13-14,16-17,19-20,22H,5-12,15,18H2,1-4H3,(H2,24,25,26). The number of rotatable bonds is 17. The van der Waals surface area contributed by atoms with Crippen molar-refractivity contribution in [3.8, 4) is 5.75 Å². The van der Waals surface area contributed by atoms with Crippen molar-refractivity contribution < 1.29 is 28.3 Å². The minimum Gasteiger partial charge on any atom is -0.491 e. The number of ether oxygens (including phenoxy) is 2. The van der Waals surface area contributed by atoms with Crippen LogP contribution in [-0.4, -0.2) is 34.7 Å². The highest BCUT2D eigenvalue weighted by Crippen LogP contribution is 2.38. The smallest absolute Gasteiger partial charge is 0.469 e. The molecule has 0 amide bonds. The Balaban J connectivity index is 2.47. The summed E-state index contributed by atoms with van der Waals surface area (Å²) in [6.45, 7) is 7.96. The van der Waals surface area contributed by atoms with Gasteiger partial charge in [0.25, 0.3) is 0 Å². The lowest BCUT2D eigenvalue weighted by Crippen LogP contribution is -2.32. The van der Waals surface area contributed by atoms with Crippen LogP contribution in [0.5, 0.6) is 5.75 Å². The Morgan fingerprint density at radius 2 is 1.57 bits per heavy atom. The molecule has 1 rings (SSSR count). The lowest BCUT2D eigenvalue weighted by Gasteiger charge is -2.26. The molecule has 0 saturated carbocycles. The van der Waals surface area contributed by atoms with Gasteiger partial charge in [-0.3, -0.25) is 4.52 Å². The number of benzene rings is 1. The molecule has 3 atom stereocenters. The van der Waals surface area contributed by atoms with Gasteiger partial charge in [0.15, 0.2) is 0 Å². The van der Waals surface area contributed by atoms with E-state index >= 15 is 0 Å². The summed E-state index contributed by atoms with van der Waals surface area (Å²) < 4.78 is 27.7. The summed E-state index contributed by atoms with van der Waals surface area (Å²) in [6.07, 6.45) is 9.34. The number of phosphoric acid groups is 1. The summed E-state index contributed by atoms with van der Waals surface area (Å²) in [4.78, 5) is 17.9. The van der Waals surface area contributed by atoms with Gasteiger partial charge >= 0.3 is 7.82 Å². The molecule has 3 unspecified atom stereocenters. The zero-order valence-corrected chi connectivity index (χ0v) is 20.0. The highest BCUT2D eigenvalue weighted by molar-refractivity contribution is 7.46. The largest absolute Gasteiger partial charge is 0.491 e. The Hall–Kier alpha value is -0.910. The van der Waals surface area contributed by atoms with Crippen LogP contribution in [-0.2, 0) is 20.2 Å². The van der Waals surface area contributed by atoms with Crippen LogP contribution in [0.2, 0.25) is 0 Å². The highest BCUT2D eigenvalue weighted by Gasteiger charge is 2.25. The van der Waals surface area contributed by atoms with Crippen molar-refractivity contribution in [2.75, 3.05) is 6.61 Å². The van der Waals surface area contributed by atoms with Crippen molar-refractivity contribution in [2.24, 2.45) is 0 Å². The van der Waals surface area contributed by atoms with Gasteiger partial charge in [0, 0.05) is 0 Å². The first kappa shape index (κ1) is 27.1. The average Bonchev–Trinajstić information content (AvgIpc) is 2.69. The monoisotopic (exact) mass is 444 g/mol. The lowest BCUT2D eigenvalue weighted by atomic mass is 10.0. The van der Waals surface area contributed by atoms with E-state index in [1.807, 2.05) is 25.1 Å². The molecule has 0 aliphatic rings. The molecule has 0 saturated heterocycles. The zero-order valence-electron chi connectivity index (χ0n) is 19.1. The van der Waals surface area contributed by atoms with Crippen molar-refractivity contribution in [1.29, 1.82) is 0 Å². The van der Waals surface area contributed by atoms with Crippen molar-refractivity contribution in [1.82, 2.24) is 0 Å². The number of aryl methyl sites for hydroxylation is 1. The summed E-state index contributed by atoms with van der Waals surface area (Å²) >= 11 is 0. The molecule has 0 aromatic heterocycles. The molecule has 1 aromatic rings. The van der Waals surface area contributed by atoms with Gasteiger partial charge in [0.2, 0.25) is 0 Å². The van der Waals surface area contributed by atoms with E-state index in [0.717, 1.165) is 25.0 Å². The maximum atomic E-state index is 11.0. The topological polar surface area (TPSA) is 85.2 Å². The second-order valence-corrected chi connectivity index (χ2v) is 9.15. The molecule has 0 bridgehead atoms. The summed E-state index contributed by atoms with van der Waals surface area (Å²) in [5.74, 6) is 0.887. The third-order valence-electron chi connectivity index (χ3n) is 5.27. The average molecular weight is 445 g/mol. The molecule has 6 nitrogen and oxygen atoms in total. The van der Waals surface area contributed by atoms with E-state index in [9.17, 15) is 4.57 Å². The molecular weight excluding hydrogens is 403 g/mol. The van der Waals surface area contributed by atoms with E-state index in [-0.39, 0.29) is 6.10 Å². The quantitative estimate of drug-likeness (QED) is 0.225. The van der Waals surface area contributed by atoms with Gasteiger partial charge in [-0.2, -0.15) is 0 Å². The molecule has 2 N–H and O–H groups in total. The molecule has 0 heterocycles. The number of para-hydroxylation sites is 1. The fraction of sp³-hybridized carbons (Fsp3) is 0.739. The van der Waals surface area contributed by atoms with Crippen LogP contribution in [0.1, 0.15) is 84.6 Å². The van der Waals surface area contributed by atoms with Crippen molar-refractivity contribution in [3.63, 3.8) is 0 Å². The molecule has 30 heavy (non-hydrogen) atoms. The van der Waals surface area contributed by atoms with E-state index in [1.54, 1.807) is 13.8 Å². The predicted molar refractivity (Wildman–Crippen MR) is 121 cm³/mol. The van der Waals surface area contributed by atoms with Crippen LogP contribution >= 0.6 is 7.82 Å². The minimum absolute atomic E-state index is 0.186. The van der Waals surface area contributed by atoms with Crippen LogP contribution in [0.3, 0.4) is 0 Å². The van der Waals surface area contributed by atoms with Gasteiger partial charge in [-0.1, -0.05) is 70.6 Å². The lowest BCUT2D eigenvalue weighted by molar-refractivity contribution is -0.0734. The fourth-order valence-corrected chi connectivity index (χ4v) is 3.88. The van der Waals surface area contributed by atoms with Crippen LogP contribution < -0.4 is 4.74 Å². The number of hydrogen-bond donors (Lipinski definition) is 2. The maximum Gasteiger partial charge on any atom is 0.469 e. The van der Waals surface area contributed by atoms with Crippen LogP contribution in [0, 0.1) is 0 Å². The number of hydrogen-bond acceptors (Lipinski definition) is 4. The third-order valence-corrected chi connectivity index (χ3v) is 5.88.